The Labute approximate surface area is 194 Å². The van der Waals surface area contributed by atoms with E-state index >= 15 is 0 Å². The quantitative estimate of drug-likeness (QED) is 0.641. The lowest BCUT2D eigenvalue weighted by Crippen LogP contribution is -2.43. The van der Waals surface area contributed by atoms with Gasteiger partial charge in [0.2, 0.25) is 11.8 Å². The zero-order valence-corrected chi connectivity index (χ0v) is 21.4. The van der Waals surface area contributed by atoms with E-state index in [0.717, 1.165) is 10.3 Å². The molecule has 1 aliphatic heterocycles. The van der Waals surface area contributed by atoms with Gasteiger partial charge in [0.1, 0.15) is 19.1 Å². The molecule has 2 amide bonds. The fraction of sp³-hybridized carbons (Fsp3) is 0.545. The average Bonchev–Trinajstić information content (AvgIpc) is 3.34. The third kappa shape index (κ3) is 6.77. The summed E-state index contributed by atoms with van der Waals surface area (Å²) >= 11 is 1.39. The predicted octanol–water partition coefficient (Wildman–Crippen LogP) is 4.43. The van der Waals surface area contributed by atoms with Crippen LogP contribution in [0.2, 0.25) is 19.6 Å². The molecule has 174 valence electrons. The van der Waals surface area contributed by atoms with E-state index in [1.807, 2.05) is 32.9 Å². The smallest absolute Gasteiger partial charge is 0.410 e. The molecule has 32 heavy (non-hydrogen) atoms. The van der Waals surface area contributed by atoms with Gasteiger partial charge < -0.3 is 19.4 Å². The van der Waals surface area contributed by atoms with E-state index < -0.39 is 13.7 Å². The Morgan fingerprint density at radius 3 is 2.47 bits per heavy atom. The first kappa shape index (κ1) is 24.2. The van der Waals surface area contributed by atoms with E-state index in [1.54, 1.807) is 17.3 Å². The fourth-order valence-corrected chi connectivity index (χ4v) is 4.73. The minimum absolute atomic E-state index is 0.0637. The van der Waals surface area contributed by atoms with E-state index in [9.17, 15) is 9.59 Å². The van der Waals surface area contributed by atoms with Crippen LogP contribution in [-0.2, 0) is 9.53 Å². The minimum atomic E-state index is -1.52. The van der Waals surface area contributed by atoms with Crippen molar-refractivity contribution >= 4 is 54.1 Å². The Morgan fingerprint density at radius 2 is 1.88 bits per heavy atom. The van der Waals surface area contributed by atoms with E-state index in [2.05, 4.69) is 34.9 Å². The number of ether oxygens (including phenoxy) is 1. The Morgan fingerprint density at radius 1 is 1.19 bits per heavy atom. The molecule has 1 fully saturated rings. The molecule has 2 aromatic heterocycles. The van der Waals surface area contributed by atoms with Crippen molar-refractivity contribution in [3.8, 4) is 0 Å². The van der Waals surface area contributed by atoms with Crippen LogP contribution < -0.4 is 10.7 Å². The van der Waals surface area contributed by atoms with Gasteiger partial charge in [0.05, 0.1) is 6.20 Å². The number of carbonyl (C=O) groups is 2. The first-order valence-electron chi connectivity index (χ1n) is 10.8. The second-order valence-corrected chi connectivity index (χ2v) is 16.0. The predicted molar refractivity (Wildman–Crippen MR) is 130 cm³/mol. The molecule has 0 atom stereocenters. The van der Waals surface area contributed by atoms with Crippen LogP contribution in [0, 0.1) is 5.92 Å². The molecule has 0 spiro atoms. The first-order chi connectivity index (χ1) is 14.9. The third-order valence-electron chi connectivity index (χ3n) is 4.92. The van der Waals surface area contributed by atoms with Crippen LogP contribution in [-0.4, -0.2) is 53.6 Å². The molecule has 10 heteroatoms. The van der Waals surface area contributed by atoms with Crippen molar-refractivity contribution in [1.29, 1.82) is 0 Å². The lowest BCUT2D eigenvalue weighted by molar-refractivity contribution is -0.121. The number of nitrogens with one attached hydrogen (secondary N) is 1. The molecule has 2 aromatic rings. The molecular weight excluding hydrogens is 444 g/mol. The van der Waals surface area contributed by atoms with Gasteiger partial charge >= 0.3 is 6.09 Å². The minimum Gasteiger partial charge on any atom is -0.447 e. The highest BCUT2D eigenvalue weighted by Crippen LogP contribution is 2.24. The zero-order valence-electron chi connectivity index (χ0n) is 19.6. The van der Waals surface area contributed by atoms with Gasteiger partial charge in [-0.25, -0.2) is 14.8 Å². The van der Waals surface area contributed by atoms with E-state index in [-0.39, 0.29) is 17.9 Å². The number of anilines is 1. The Kier molecular flexibility index (Phi) is 7.24. The van der Waals surface area contributed by atoms with Gasteiger partial charge in [0, 0.05) is 36.2 Å². The second kappa shape index (κ2) is 9.58. The van der Waals surface area contributed by atoms with Gasteiger partial charge in [-0.05, 0) is 39.7 Å². The molecule has 0 unspecified atom stereocenters. The molecule has 0 aliphatic carbocycles. The standard InChI is InChI=1S/C22H32N4O4SSi/c1-22(2,3)30-21(28)26-11-9-15(10-12-26)19(27)25-20-24-13-16(31-20)7-8-17-23-14-18(29-17)32(4,5)6/h7-8,13-15H,9-12H2,1-6H3,(H,24,25,27). The maximum absolute atomic E-state index is 12.6. The van der Waals surface area contributed by atoms with Crippen molar-refractivity contribution in [2.75, 3.05) is 18.4 Å². The summed E-state index contributed by atoms with van der Waals surface area (Å²) < 4.78 is 11.2. The number of rotatable bonds is 5. The van der Waals surface area contributed by atoms with Crippen LogP contribution in [0.5, 0.6) is 0 Å². The summed E-state index contributed by atoms with van der Waals surface area (Å²) in [7, 11) is -1.52. The number of amides is 2. The maximum atomic E-state index is 12.6. The molecule has 8 nitrogen and oxygen atoms in total. The summed E-state index contributed by atoms with van der Waals surface area (Å²) in [5, 5.41) is 4.42. The molecule has 0 radical (unpaired) electrons. The SMILES string of the molecule is CC(C)(C)OC(=O)N1CCC(C(=O)Nc2ncc(C=Cc3ncc([Si](C)(C)C)o3)s2)CC1. The number of carbonyl (C=O) groups excluding carboxylic acids is 2. The van der Waals surface area contributed by atoms with Gasteiger partial charge in [-0.2, -0.15) is 0 Å². The monoisotopic (exact) mass is 476 g/mol. The van der Waals surface area contributed by atoms with Crippen molar-refractivity contribution in [2.45, 2.75) is 58.9 Å². The molecular formula is C22H32N4O4SSi. The molecule has 0 saturated carbocycles. The first-order valence-corrected chi connectivity index (χ1v) is 15.1. The van der Waals surface area contributed by atoms with Gasteiger partial charge in [-0.1, -0.05) is 31.0 Å². The molecule has 0 bridgehead atoms. The van der Waals surface area contributed by atoms with Crippen LogP contribution >= 0.6 is 11.3 Å². The van der Waals surface area contributed by atoms with Crippen molar-refractivity contribution in [1.82, 2.24) is 14.9 Å². The van der Waals surface area contributed by atoms with Crippen molar-refractivity contribution in [3.05, 3.63) is 23.2 Å². The third-order valence-corrected chi connectivity index (χ3v) is 7.51. The van der Waals surface area contributed by atoms with Crippen LogP contribution in [0.25, 0.3) is 12.2 Å². The summed E-state index contributed by atoms with van der Waals surface area (Å²) in [6, 6.07) is 0. The van der Waals surface area contributed by atoms with E-state index in [1.165, 1.54) is 11.3 Å². The van der Waals surface area contributed by atoms with E-state index in [0.29, 0.717) is 37.0 Å². The summed E-state index contributed by atoms with van der Waals surface area (Å²) in [5.74, 6) is 0.355. The number of piperidine rings is 1. The molecule has 3 heterocycles. The number of hydrogen-bond acceptors (Lipinski definition) is 7. The Balaban J connectivity index is 1.50. The van der Waals surface area contributed by atoms with Crippen molar-refractivity contribution in [3.63, 3.8) is 0 Å². The van der Waals surface area contributed by atoms with Gasteiger partial charge in [-0.15, -0.1) is 0 Å². The molecule has 1 saturated heterocycles. The lowest BCUT2D eigenvalue weighted by Gasteiger charge is -2.32. The Hall–Kier alpha value is -2.46. The molecule has 0 aromatic carbocycles. The second-order valence-electron chi connectivity index (χ2n) is 9.94. The highest BCUT2D eigenvalue weighted by atomic mass is 32.1. The fourth-order valence-electron chi connectivity index (χ4n) is 3.14. The number of nitrogens with zero attached hydrogens (tertiary/aromatic N) is 3. The van der Waals surface area contributed by atoms with Crippen molar-refractivity contribution < 1.29 is 18.7 Å². The highest BCUT2D eigenvalue weighted by Gasteiger charge is 2.30. The summed E-state index contributed by atoms with van der Waals surface area (Å²) in [6.07, 6.45) is 8.10. The average molecular weight is 477 g/mol. The summed E-state index contributed by atoms with van der Waals surface area (Å²) in [5.41, 5.74) is -0.522. The van der Waals surface area contributed by atoms with Gasteiger partial charge in [-0.3, -0.25) is 4.79 Å². The van der Waals surface area contributed by atoms with Crippen LogP contribution in [0.4, 0.5) is 9.93 Å². The summed E-state index contributed by atoms with van der Waals surface area (Å²) in [4.78, 5) is 36.0. The normalized spacial score (nSPS) is 15.9. The van der Waals surface area contributed by atoms with Crippen molar-refractivity contribution in [2.24, 2.45) is 5.92 Å². The number of oxazole rings is 1. The number of aromatic nitrogens is 2. The van der Waals surface area contributed by atoms with Crippen LogP contribution in [0.1, 0.15) is 44.4 Å². The Bertz CT molecular complexity index is 979. The molecule has 1 N–H and O–H groups in total. The number of likely N-dealkylation sites (tertiary alicyclic amines) is 1. The van der Waals surface area contributed by atoms with Crippen LogP contribution in [0.3, 0.4) is 0 Å². The largest absolute Gasteiger partial charge is 0.447 e. The lowest BCUT2D eigenvalue weighted by atomic mass is 9.96. The summed E-state index contributed by atoms with van der Waals surface area (Å²) in [6.45, 7) is 13.2. The maximum Gasteiger partial charge on any atom is 0.410 e. The van der Waals surface area contributed by atoms with Gasteiger partial charge in [0.25, 0.3) is 0 Å². The zero-order chi connectivity index (χ0) is 23.5. The van der Waals surface area contributed by atoms with Gasteiger partial charge in [0.15, 0.2) is 5.13 Å². The molecule has 1 aliphatic rings. The van der Waals surface area contributed by atoms with E-state index in [4.69, 9.17) is 9.15 Å². The highest BCUT2D eigenvalue weighted by molar-refractivity contribution is 7.16. The van der Waals surface area contributed by atoms with Crippen LogP contribution in [0.15, 0.2) is 16.8 Å². The number of hydrogen-bond donors (Lipinski definition) is 1. The number of thiazole rings is 1. The topological polar surface area (TPSA) is 97.6 Å². The molecule has 3 rings (SSSR count).